The number of carbonyl (C=O) groups excluding carboxylic acids is 1. The largest absolute Gasteiger partial charge is 0.324 e. The molecule has 0 bridgehead atoms. The summed E-state index contributed by atoms with van der Waals surface area (Å²) in [5, 5.41) is 3.16. The van der Waals surface area contributed by atoms with Crippen LogP contribution in [0.3, 0.4) is 0 Å². The number of rotatable bonds is 4. The molecule has 2 aromatic rings. The Bertz CT molecular complexity index is 738. The minimum Gasteiger partial charge on any atom is -0.324 e. The zero-order chi connectivity index (χ0) is 17.1. The third-order valence-corrected chi connectivity index (χ3v) is 5.45. The molecule has 25 heavy (non-hydrogen) atoms. The maximum atomic E-state index is 12.5. The van der Waals surface area contributed by atoms with Gasteiger partial charge in [-0.1, -0.05) is 43.2 Å². The van der Waals surface area contributed by atoms with Gasteiger partial charge in [-0.2, -0.15) is 0 Å². The van der Waals surface area contributed by atoms with E-state index < -0.39 is 0 Å². The van der Waals surface area contributed by atoms with E-state index in [-0.39, 0.29) is 11.8 Å². The van der Waals surface area contributed by atoms with Crippen LogP contribution in [0.5, 0.6) is 0 Å². The van der Waals surface area contributed by atoms with Crippen LogP contribution in [0.2, 0.25) is 0 Å². The van der Waals surface area contributed by atoms with E-state index in [4.69, 9.17) is 0 Å². The molecule has 0 saturated heterocycles. The Morgan fingerprint density at radius 3 is 2.76 bits per heavy atom. The van der Waals surface area contributed by atoms with Gasteiger partial charge in [0.25, 0.3) is 0 Å². The van der Waals surface area contributed by atoms with E-state index in [1.54, 1.807) is 0 Å². The predicted octanol–water partition coefficient (Wildman–Crippen LogP) is 3.77. The molecule has 1 aliphatic heterocycles. The van der Waals surface area contributed by atoms with Crippen molar-refractivity contribution in [1.29, 1.82) is 0 Å². The molecule has 0 unspecified atom stereocenters. The lowest BCUT2D eigenvalue weighted by Gasteiger charge is -2.30. The fourth-order valence-corrected chi connectivity index (χ4v) is 4.06. The first-order valence-corrected chi connectivity index (χ1v) is 9.32. The second-order valence-corrected chi connectivity index (χ2v) is 7.24. The maximum absolute atomic E-state index is 12.5. The van der Waals surface area contributed by atoms with E-state index >= 15 is 0 Å². The number of nitrogens with zero attached hydrogens (tertiary/aromatic N) is 2. The average molecular weight is 335 g/mol. The van der Waals surface area contributed by atoms with E-state index in [2.05, 4.69) is 45.5 Å². The van der Waals surface area contributed by atoms with Crippen molar-refractivity contribution in [2.75, 3.05) is 11.9 Å². The van der Waals surface area contributed by atoms with Crippen molar-refractivity contribution in [2.24, 2.45) is 5.92 Å². The summed E-state index contributed by atoms with van der Waals surface area (Å²) in [6.45, 7) is 2.86. The van der Waals surface area contributed by atoms with Crippen LogP contribution in [0, 0.1) is 5.92 Å². The van der Waals surface area contributed by atoms with Crippen molar-refractivity contribution >= 4 is 11.6 Å². The quantitative estimate of drug-likeness (QED) is 0.925. The van der Waals surface area contributed by atoms with Gasteiger partial charge in [0.2, 0.25) is 5.91 Å². The normalized spacial score (nSPS) is 18.1. The molecule has 1 aromatic carbocycles. The van der Waals surface area contributed by atoms with E-state index in [1.165, 1.54) is 29.5 Å². The fourth-order valence-electron chi connectivity index (χ4n) is 4.06. The molecule has 1 amide bonds. The molecule has 1 N–H and O–H groups in total. The third-order valence-electron chi connectivity index (χ3n) is 5.45. The summed E-state index contributed by atoms with van der Waals surface area (Å²) < 4.78 is 0. The zero-order valence-electron chi connectivity index (χ0n) is 14.6. The number of hydrogen-bond acceptors (Lipinski definition) is 3. The van der Waals surface area contributed by atoms with Crippen molar-refractivity contribution in [1.82, 2.24) is 9.88 Å². The van der Waals surface area contributed by atoms with Crippen molar-refractivity contribution in [2.45, 2.75) is 45.2 Å². The number of amides is 1. The minimum atomic E-state index is 0.180. The highest BCUT2D eigenvalue weighted by Crippen LogP contribution is 2.29. The number of carbonyl (C=O) groups is 1. The predicted molar refractivity (Wildman–Crippen MR) is 99.1 cm³/mol. The van der Waals surface area contributed by atoms with Crippen LogP contribution in [-0.2, 0) is 24.3 Å². The lowest BCUT2D eigenvalue weighted by Crippen LogP contribution is -2.31. The molecule has 4 rings (SSSR count). The van der Waals surface area contributed by atoms with Gasteiger partial charge in [0.05, 0.1) is 11.9 Å². The molecule has 0 atom stereocenters. The smallest absolute Gasteiger partial charge is 0.227 e. The summed E-state index contributed by atoms with van der Waals surface area (Å²) in [4.78, 5) is 19.3. The second kappa shape index (κ2) is 7.36. The Morgan fingerprint density at radius 2 is 1.96 bits per heavy atom. The number of nitrogens with one attached hydrogen (secondary N) is 1. The van der Waals surface area contributed by atoms with Crippen LogP contribution in [0.1, 0.15) is 42.4 Å². The average Bonchev–Trinajstić information content (AvgIpc) is 3.17. The first-order valence-electron chi connectivity index (χ1n) is 9.32. The topological polar surface area (TPSA) is 45.2 Å². The van der Waals surface area contributed by atoms with Gasteiger partial charge >= 0.3 is 0 Å². The van der Waals surface area contributed by atoms with Crippen molar-refractivity contribution in [3.05, 3.63) is 59.4 Å². The molecule has 4 nitrogen and oxygen atoms in total. The SMILES string of the molecule is O=C(Nc1cncc2c1CCN(Cc1ccccc1)C2)C1CCCC1. The first-order chi connectivity index (χ1) is 12.3. The van der Waals surface area contributed by atoms with Gasteiger partial charge in [-0.3, -0.25) is 14.7 Å². The van der Waals surface area contributed by atoms with Crippen LogP contribution in [0.25, 0.3) is 0 Å². The standard InChI is InChI=1S/C21H25N3O/c25-21(17-8-4-5-9-17)23-20-13-22-12-18-15-24(11-10-19(18)20)14-16-6-2-1-3-7-16/h1-3,6-7,12-13,17H,4-5,8-11,14-15H2,(H,23,25). The van der Waals surface area contributed by atoms with Gasteiger partial charge in [-0.25, -0.2) is 0 Å². The molecule has 1 aliphatic carbocycles. The molecule has 130 valence electrons. The zero-order valence-corrected chi connectivity index (χ0v) is 14.6. The molecule has 0 radical (unpaired) electrons. The van der Waals surface area contributed by atoms with E-state index in [0.29, 0.717) is 0 Å². The van der Waals surface area contributed by atoms with Crippen LogP contribution in [0.15, 0.2) is 42.7 Å². The highest BCUT2D eigenvalue weighted by Gasteiger charge is 2.25. The second-order valence-electron chi connectivity index (χ2n) is 7.24. The lowest BCUT2D eigenvalue weighted by molar-refractivity contribution is -0.119. The summed E-state index contributed by atoms with van der Waals surface area (Å²) in [6, 6.07) is 10.6. The summed E-state index contributed by atoms with van der Waals surface area (Å²) in [7, 11) is 0. The van der Waals surface area contributed by atoms with E-state index in [0.717, 1.165) is 44.6 Å². The minimum absolute atomic E-state index is 0.180. The van der Waals surface area contributed by atoms with Crippen molar-refractivity contribution < 1.29 is 4.79 Å². The molecule has 1 fully saturated rings. The first kappa shape index (κ1) is 16.3. The molecule has 2 heterocycles. The highest BCUT2D eigenvalue weighted by molar-refractivity contribution is 5.93. The maximum Gasteiger partial charge on any atom is 0.227 e. The van der Waals surface area contributed by atoms with E-state index in [1.807, 2.05) is 12.4 Å². The van der Waals surface area contributed by atoms with Gasteiger partial charge in [0.1, 0.15) is 0 Å². The van der Waals surface area contributed by atoms with Gasteiger partial charge in [0.15, 0.2) is 0 Å². The Kier molecular flexibility index (Phi) is 4.79. The number of pyridine rings is 1. The summed E-state index contributed by atoms with van der Waals surface area (Å²) >= 11 is 0. The number of benzene rings is 1. The molecule has 4 heteroatoms. The van der Waals surface area contributed by atoms with Crippen LogP contribution >= 0.6 is 0 Å². The number of fused-ring (bicyclic) bond motifs is 1. The molecule has 0 spiro atoms. The van der Waals surface area contributed by atoms with Crippen molar-refractivity contribution in [3.63, 3.8) is 0 Å². The lowest BCUT2D eigenvalue weighted by atomic mass is 9.99. The Morgan fingerprint density at radius 1 is 1.16 bits per heavy atom. The Balaban J connectivity index is 1.45. The molecular formula is C21H25N3O. The summed E-state index contributed by atoms with van der Waals surface area (Å²) in [6.07, 6.45) is 9.15. The Hall–Kier alpha value is -2.20. The molecule has 1 saturated carbocycles. The van der Waals surface area contributed by atoms with Gasteiger partial charge in [-0.15, -0.1) is 0 Å². The van der Waals surface area contributed by atoms with Crippen LogP contribution in [0.4, 0.5) is 5.69 Å². The Labute approximate surface area is 149 Å². The summed E-state index contributed by atoms with van der Waals surface area (Å²) in [5.41, 5.74) is 4.77. The fraction of sp³-hybridized carbons (Fsp3) is 0.429. The number of anilines is 1. The van der Waals surface area contributed by atoms with Gasteiger partial charge < -0.3 is 5.32 Å². The van der Waals surface area contributed by atoms with Gasteiger partial charge in [-0.05, 0) is 36.0 Å². The van der Waals surface area contributed by atoms with Crippen LogP contribution < -0.4 is 5.32 Å². The van der Waals surface area contributed by atoms with Crippen molar-refractivity contribution in [3.8, 4) is 0 Å². The van der Waals surface area contributed by atoms with Crippen LogP contribution in [-0.4, -0.2) is 22.3 Å². The van der Waals surface area contributed by atoms with E-state index in [9.17, 15) is 4.79 Å². The summed E-state index contributed by atoms with van der Waals surface area (Å²) in [5.74, 6) is 0.369. The highest BCUT2D eigenvalue weighted by atomic mass is 16.1. The number of hydrogen-bond donors (Lipinski definition) is 1. The monoisotopic (exact) mass is 335 g/mol. The number of aromatic nitrogens is 1. The molecule has 1 aromatic heterocycles. The molecular weight excluding hydrogens is 310 g/mol. The van der Waals surface area contributed by atoms with Gasteiger partial charge in [0, 0.05) is 31.7 Å². The third kappa shape index (κ3) is 3.74. The molecule has 2 aliphatic rings.